The lowest BCUT2D eigenvalue weighted by atomic mass is 9.98. The minimum atomic E-state index is -3.40. The van der Waals surface area contributed by atoms with Gasteiger partial charge in [0, 0.05) is 26.6 Å². The molecule has 0 aromatic heterocycles. The fourth-order valence-electron chi connectivity index (χ4n) is 2.63. The zero-order chi connectivity index (χ0) is 15.5. The summed E-state index contributed by atoms with van der Waals surface area (Å²) in [5.41, 5.74) is 0.776. The minimum absolute atomic E-state index is 0.0371. The predicted molar refractivity (Wildman–Crippen MR) is 81.3 cm³/mol. The molecule has 2 rings (SSSR count). The summed E-state index contributed by atoms with van der Waals surface area (Å²) in [6.07, 6.45) is 1.57. The van der Waals surface area contributed by atoms with Crippen LogP contribution < -0.4 is 5.32 Å². The minimum Gasteiger partial charge on any atom is -0.356 e. The van der Waals surface area contributed by atoms with Gasteiger partial charge >= 0.3 is 0 Å². The van der Waals surface area contributed by atoms with E-state index in [2.05, 4.69) is 5.32 Å². The van der Waals surface area contributed by atoms with E-state index in [-0.39, 0.29) is 5.91 Å². The van der Waals surface area contributed by atoms with Crippen molar-refractivity contribution < 1.29 is 13.2 Å². The van der Waals surface area contributed by atoms with Crippen LogP contribution in [0.3, 0.4) is 0 Å². The number of amides is 1. The van der Waals surface area contributed by atoms with E-state index < -0.39 is 10.0 Å². The monoisotopic (exact) mass is 310 g/mol. The number of aryl methyl sites for hydroxylation is 1. The van der Waals surface area contributed by atoms with Crippen molar-refractivity contribution in [3.8, 4) is 0 Å². The molecule has 0 unspecified atom stereocenters. The molecule has 1 N–H and O–H groups in total. The molecule has 0 bridgehead atoms. The quantitative estimate of drug-likeness (QED) is 0.917. The summed E-state index contributed by atoms with van der Waals surface area (Å²) >= 11 is 0. The van der Waals surface area contributed by atoms with E-state index in [1.807, 2.05) is 19.1 Å². The van der Waals surface area contributed by atoms with Gasteiger partial charge < -0.3 is 5.32 Å². The number of hydrogen-bond donors (Lipinski definition) is 1. The van der Waals surface area contributed by atoms with Crippen molar-refractivity contribution in [3.63, 3.8) is 0 Å². The average Bonchev–Trinajstić information content (AvgIpc) is 2.46. The van der Waals surface area contributed by atoms with Gasteiger partial charge in [-0.25, -0.2) is 8.42 Å². The Kier molecular flexibility index (Phi) is 5.00. The molecule has 0 saturated carbocycles. The number of nitrogens with one attached hydrogen (secondary N) is 1. The summed E-state index contributed by atoms with van der Waals surface area (Å²) in [5, 5.41) is 2.80. The van der Waals surface area contributed by atoms with Gasteiger partial charge in [-0.15, -0.1) is 0 Å². The van der Waals surface area contributed by atoms with E-state index in [1.54, 1.807) is 16.4 Å². The number of carbonyl (C=O) groups is 1. The molecule has 0 radical (unpaired) electrons. The maximum atomic E-state index is 12.6. The topological polar surface area (TPSA) is 66.5 Å². The van der Waals surface area contributed by atoms with Crippen LogP contribution >= 0.6 is 0 Å². The number of hydrogen-bond acceptors (Lipinski definition) is 3. The molecule has 6 heteroatoms. The zero-order valence-electron chi connectivity index (χ0n) is 12.5. The predicted octanol–water partition coefficient (Wildman–Crippen LogP) is 1.53. The van der Waals surface area contributed by atoms with Crippen molar-refractivity contribution in [1.29, 1.82) is 0 Å². The van der Waals surface area contributed by atoms with Crippen LogP contribution in [-0.4, -0.2) is 38.3 Å². The Morgan fingerprint density at radius 3 is 2.48 bits per heavy atom. The first-order valence-electron chi connectivity index (χ1n) is 7.21. The Balaban J connectivity index is 2.01. The molecule has 1 fully saturated rings. The van der Waals surface area contributed by atoms with Gasteiger partial charge in [0.05, 0.1) is 4.90 Å². The second-order valence-corrected chi connectivity index (χ2v) is 7.46. The Hall–Kier alpha value is -1.40. The van der Waals surface area contributed by atoms with E-state index in [1.165, 1.54) is 6.92 Å². The second kappa shape index (κ2) is 6.58. The third-order valence-electron chi connectivity index (χ3n) is 3.92. The van der Waals surface area contributed by atoms with Crippen molar-refractivity contribution in [2.45, 2.75) is 31.6 Å². The molecule has 1 amide bonds. The van der Waals surface area contributed by atoms with Gasteiger partial charge in [0.25, 0.3) is 0 Å². The van der Waals surface area contributed by atoms with Crippen LogP contribution in [0.25, 0.3) is 0 Å². The molecular weight excluding hydrogens is 288 g/mol. The lowest BCUT2D eigenvalue weighted by Gasteiger charge is -2.31. The highest BCUT2D eigenvalue weighted by molar-refractivity contribution is 7.89. The van der Waals surface area contributed by atoms with E-state index in [0.29, 0.717) is 30.4 Å². The van der Waals surface area contributed by atoms with Crippen LogP contribution in [0.1, 0.15) is 25.3 Å². The normalized spacial score (nSPS) is 17.6. The number of sulfonamides is 1. The first-order chi connectivity index (χ1) is 9.91. The fourth-order valence-corrected chi connectivity index (χ4v) is 4.32. The van der Waals surface area contributed by atoms with Crippen LogP contribution in [0.4, 0.5) is 0 Å². The molecule has 0 aliphatic carbocycles. The molecule has 1 aliphatic rings. The Bertz CT molecular complexity index is 605. The molecular formula is C15H22N2O3S. The highest BCUT2D eigenvalue weighted by Gasteiger charge is 2.30. The molecule has 0 spiro atoms. The van der Waals surface area contributed by atoms with Crippen molar-refractivity contribution >= 4 is 15.9 Å². The summed E-state index contributed by atoms with van der Waals surface area (Å²) in [6, 6.07) is 7.07. The number of carbonyl (C=O) groups excluding carboxylic acids is 1. The lowest BCUT2D eigenvalue weighted by molar-refractivity contribution is -0.119. The van der Waals surface area contributed by atoms with E-state index in [4.69, 9.17) is 0 Å². The Morgan fingerprint density at radius 2 is 1.90 bits per heavy atom. The van der Waals surface area contributed by atoms with Crippen LogP contribution in [0.15, 0.2) is 29.2 Å². The smallest absolute Gasteiger partial charge is 0.243 e. The average molecular weight is 310 g/mol. The van der Waals surface area contributed by atoms with Crippen LogP contribution in [-0.2, 0) is 14.8 Å². The first-order valence-corrected chi connectivity index (χ1v) is 8.65. The van der Waals surface area contributed by atoms with Crippen LogP contribution in [0.2, 0.25) is 0 Å². The van der Waals surface area contributed by atoms with E-state index in [9.17, 15) is 13.2 Å². The highest BCUT2D eigenvalue weighted by atomic mass is 32.2. The molecule has 1 aromatic rings. The molecule has 1 aromatic carbocycles. The molecule has 1 saturated heterocycles. The summed E-state index contributed by atoms with van der Waals surface area (Å²) in [5.74, 6) is 0.321. The first kappa shape index (κ1) is 16.0. The number of nitrogens with zero attached hydrogens (tertiary/aromatic N) is 1. The standard InChI is InChI=1S/C15H22N2O3S/c1-12-5-3-4-6-15(12)21(19,20)17-9-7-14(8-10-17)11-16-13(2)18/h3-6,14H,7-11H2,1-2H3,(H,16,18). The SMILES string of the molecule is CC(=O)NCC1CCN(S(=O)(=O)c2ccccc2C)CC1. The fraction of sp³-hybridized carbons (Fsp3) is 0.533. The van der Waals surface area contributed by atoms with Crippen molar-refractivity contribution in [3.05, 3.63) is 29.8 Å². The maximum Gasteiger partial charge on any atom is 0.243 e. The van der Waals surface area contributed by atoms with Gasteiger partial charge in [-0.3, -0.25) is 4.79 Å². The third kappa shape index (κ3) is 3.83. The Morgan fingerprint density at radius 1 is 1.29 bits per heavy atom. The van der Waals surface area contributed by atoms with Gasteiger partial charge in [0.1, 0.15) is 0 Å². The van der Waals surface area contributed by atoms with Gasteiger partial charge in [-0.1, -0.05) is 18.2 Å². The van der Waals surface area contributed by atoms with E-state index >= 15 is 0 Å². The van der Waals surface area contributed by atoms with Gasteiger partial charge in [-0.2, -0.15) is 4.31 Å². The summed E-state index contributed by atoms with van der Waals surface area (Å²) in [4.78, 5) is 11.3. The van der Waals surface area contributed by atoms with Crippen molar-refractivity contribution in [1.82, 2.24) is 9.62 Å². The number of benzene rings is 1. The molecule has 21 heavy (non-hydrogen) atoms. The third-order valence-corrected chi connectivity index (χ3v) is 5.98. The largest absolute Gasteiger partial charge is 0.356 e. The lowest BCUT2D eigenvalue weighted by Crippen LogP contribution is -2.41. The summed E-state index contributed by atoms with van der Waals surface area (Å²) in [6.45, 7) is 4.98. The molecule has 1 heterocycles. The highest BCUT2D eigenvalue weighted by Crippen LogP contribution is 2.25. The number of rotatable bonds is 4. The van der Waals surface area contributed by atoms with Crippen LogP contribution in [0.5, 0.6) is 0 Å². The summed E-state index contributed by atoms with van der Waals surface area (Å²) in [7, 11) is -3.40. The molecule has 116 valence electrons. The van der Waals surface area contributed by atoms with Gasteiger partial charge in [0.15, 0.2) is 0 Å². The zero-order valence-corrected chi connectivity index (χ0v) is 13.3. The van der Waals surface area contributed by atoms with E-state index in [0.717, 1.165) is 18.4 Å². The Labute approximate surface area is 126 Å². The molecule has 1 aliphatic heterocycles. The molecule has 0 atom stereocenters. The van der Waals surface area contributed by atoms with Crippen molar-refractivity contribution in [2.24, 2.45) is 5.92 Å². The van der Waals surface area contributed by atoms with Gasteiger partial charge in [-0.05, 0) is 37.3 Å². The second-order valence-electron chi connectivity index (χ2n) is 5.55. The summed E-state index contributed by atoms with van der Waals surface area (Å²) < 4.78 is 26.8. The van der Waals surface area contributed by atoms with Crippen molar-refractivity contribution in [2.75, 3.05) is 19.6 Å². The number of piperidine rings is 1. The van der Waals surface area contributed by atoms with Crippen LogP contribution in [0, 0.1) is 12.8 Å². The molecule has 5 nitrogen and oxygen atoms in total. The van der Waals surface area contributed by atoms with Gasteiger partial charge in [0.2, 0.25) is 15.9 Å². The maximum absolute atomic E-state index is 12.6.